The van der Waals surface area contributed by atoms with E-state index in [1.807, 2.05) is 0 Å². The van der Waals surface area contributed by atoms with E-state index in [0.29, 0.717) is 30.8 Å². The molecule has 0 spiro atoms. The van der Waals surface area contributed by atoms with Crippen LogP contribution in [0.5, 0.6) is 5.75 Å². The number of nitrogens with two attached hydrogens (primary N) is 1. The molecule has 92 valence electrons. The van der Waals surface area contributed by atoms with Gasteiger partial charge in [-0.05, 0) is 37.1 Å². The number of carbonyl (C=O) groups is 2. The Bertz CT molecular complexity index is 386. The molecule has 0 saturated heterocycles. The van der Waals surface area contributed by atoms with Gasteiger partial charge in [0, 0.05) is 12.0 Å². The van der Waals surface area contributed by atoms with Crippen LogP contribution in [0.25, 0.3) is 0 Å². The number of carboxylic acids is 1. The molecular formula is C12H15NO4. The second kappa shape index (κ2) is 6.52. The lowest BCUT2D eigenvalue weighted by atomic mass is 10.2. The van der Waals surface area contributed by atoms with E-state index < -0.39 is 11.9 Å². The Kier molecular flexibility index (Phi) is 5.00. The molecule has 1 aromatic rings. The van der Waals surface area contributed by atoms with Crippen LogP contribution < -0.4 is 10.5 Å². The van der Waals surface area contributed by atoms with E-state index in [9.17, 15) is 9.59 Å². The molecule has 0 radical (unpaired) electrons. The summed E-state index contributed by atoms with van der Waals surface area (Å²) in [6.45, 7) is 0.462. The maximum absolute atomic E-state index is 10.8. The number of unbranched alkanes of at least 4 members (excludes halogenated alkanes) is 1. The van der Waals surface area contributed by atoms with Gasteiger partial charge in [-0.15, -0.1) is 0 Å². The minimum atomic E-state index is -0.796. The summed E-state index contributed by atoms with van der Waals surface area (Å²) in [4.78, 5) is 21.1. The van der Waals surface area contributed by atoms with Crippen molar-refractivity contribution < 1.29 is 19.4 Å². The highest BCUT2D eigenvalue weighted by Gasteiger charge is 2.00. The van der Waals surface area contributed by atoms with Crippen LogP contribution in [0.4, 0.5) is 0 Å². The molecule has 5 nitrogen and oxygen atoms in total. The number of ether oxygens (including phenoxy) is 1. The van der Waals surface area contributed by atoms with Crippen LogP contribution in [-0.2, 0) is 4.79 Å². The first-order valence-corrected chi connectivity index (χ1v) is 5.34. The summed E-state index contributed by atoms with van der Waals surface area (Å²) < 4.78 is 5.38. The molecule has 0 aromatic heterocycles. The van der Waals surface area contributed by atoms with Crippen molar-refractivity contribution in [3.8, 4) is 5.75 Å². The summed E-state index contributed by atoms with van der Waals surface area (Å²) in [6, 6.07) is 6.51. The van der Waals surface area contributed by atoms with Crippen molar-refractivity contribution in [1.82, 2.24) is 0 Å². The van der Waals surface area contributed by atoms with E-state index in [-0.39, 0.29) is 6.42 Å². The monoisotopic (exact) mass is 237 g/mol. The van der Waals surface area contributed by atoms with E-state index in [1.165, 1.54) is 0 Å². The third kappa shape index (κ3) is 5.01. The summed E-state index contributed by atoms with van der Waals surface area (Å²) in [5, 5.41) is 8.43. The number of hydrogen-bond acceptors (Lipinski definition) is 3. The van der Waals surface area contributed by atoms with Gasteiger partial charge >= 0.3 is 5.97 Å². The number of hydrogen-bond donors (Lipinski definition) is 2. The lowest BCUT2D eigenvalue weighted by Crippen LogP contribution is -2.10. The molecule has 0 aliphatic rings. The predicted molar refractivity (Wildman–Crippen MR) is 61.9 cm³/mol. The average molecular weight is 237 g/mol. The molecule has 0 unspecified atom stereocenters. The molecule has 0 saturated carbocycles. The molecule has 0 aliphatic heterocycles. The highest BCUT2D eigenvalue weighted by molar-refractivity contribution is 5.92. The summed E-state index contributed by atoms with van der Waals surface area (Å²) >= 11 is 0. The van der Waals surface area contributed by atoms with Gasteiger partial charge in [-0.3, -0.25) is 9.59 Å². The first-order valence-electron chi connectivity index (χ1n) is 5.34. The molecule has 1 aromatic carbocycles. The number of amides is 1. The van der Waals surface area contributed by atoms with Gasteiger partial charge in [-0.25, -0.2) is 0 Å². The van der Waals surface area contributed by atoms with Gasteiger partial charge in [-0.2, -0.15) is 0 Å². The predicted octanol–water partition coefficient (Wildman–Crippen LogP) is 1.42. The second-order valence-corrected chi connectivity index (χ2v) is 3.59. The Hall–Kier alpha value is -2.04. The van der Waals surface area contributed by atoms with E-state index in [2.05, 4.69) is 0 Å². The van der Waals surface area contributed by atoms with Gasteiger partial charge in [0.05, 0.1) is 6.61 Å². The van der Waals surface area contributed by atoms with Gasteiger partial charge in [-0.1, -0.05) is 0 Å². The van der Waals surface area contributed by atoms with E-state index in [4.69, 9.17) is 15.6 Å². The number of primary amides is 1. The molecule has 0 fully saturated rings. The van der Waals surface area contributed by atoms with Crippen molar-refractivity contribution >= 4 is 11.9 Å². The smallest absolute Gasteiger partial charge is 0.303 e. The summed E-state index contributed by atoms with van der Waals surface area (Å²) in [5.41, 5.74) is 5.53. The van der Waals surface area contributed by atoms with Crippen molar-refractivity contribution in [3.63, 3.8) is 0 Å². The van der Waals surface area contributed by atoms with Crippen molar-refractivity contribution in [3.05, 3.63) is 29.8 Å². The van der Waals surface area contributed by atoms with Crippen LogP contribution in [0.1, 0.15) is 29.6 Å². The fourth-order valence-corrected chi connectivity index (χ4v) is 1.28. The molecule has 3 N–H and O–H groups in total. The van der Waals surface area contributed by atoms with Crippen molar-refractivity contribution in [2.45, 2.75) is 19.3 Å². The zero-order valence-corrected chi connectivity index (χ0v) is 9.39. The Balaban J connectivity index is 2.27. The maximum atomic E-state index is 10.8. The molecule has 0 bridgehead atoms. The van der Waals surface area contributed by atoms with Gasteiger partial charge in [0.2, 0.25) is 5.91 Å². The molecule has 0 atom stereocenters. The van der Waals surface area contributed by atoms with Gasteiger partial charge in [0.15, 0.2) is 0 Å². The van der Waals surface area contributed by atoms with Gasteiger partial charge < -0.3 is 15.6 Å². The average Bonchev–Trinajstić information content (AvgIpc) is 2.29. The van der Waals surface area contributed by atoms with Gasteiger partial charge in [0.25, 0.3) is 0 Å². The Morgan fingerprint density at radius 1 is 1.18 bits per heavy atom. The Morgan fingerprint density at radius 3 is 2.35 bits per heavy atom. The molecule has 0 heterocycles. The highest BCUT2D eigenvalue weighted by Crippen LogP contribution is 2.12. The Labute approximate surface area is 99.2 Å². The first kappa shape index (κ1) is 13.0. The third-order valence-corrected chi connectivity index (χ3v) is 2.19. The SMILES string of the molecule is NC(=O)c1ccc(OCCCCC(=O)O)cc1. The number of carboxylic acid groups (broad SMARTS) is 1. The maximum Gasteiger partial charge on any atom is 0.303 e. The second-order valence-electron chi connectivity index (χ2n) is 3.59. The zero-order chi connectivity index (χ0) is 12.7. The first-order chi connectivity index (χ1) is 8.09. The fourth-order valence-electron chi connectivity index (χ4n) is 1.28. The molecular weight excluding hydrogens is 222 g/mol. The van der Waals surface area contributed by atoms with E-state index in [1.54, 1.807) is 24.3 Å². The third-order valence-electron chi connectivity index (χ3n) is 2.19. The van der Waals surface area contributed by atoms with Crippen molar-refractivity contribution in [2.24, 2.45) is 5.73 Å². The molecule has 1 rings (SSSR count). The van der Waals surface area contributed by atoms with Crippen LogP contribution >= 0.6 is 0 Å². The largest absolute Gasteiger partial charge is 0.494 e. The topological polar surface area (TPSA) is 89.6 Å². The van der Waals surface area contributed by atoms with Crippen LogP contribution in [-0.4, -0.2) is 23.6 Å². The van der Waals surface area contributed by atoms with Crippen LogP contribution in [0, 0.1) is 0 Å². The van der Waals surface area contributed by atoms with E-state index >= 15 is 0 Å². The minimum absolute atomic E-state index is 0.157. The minimum Gasteiger partial charge on any atom is -0.494 e. The Morgan fingerprint density at radius 2 is 1.82 bits per heavy atom. The number of aliphatic carboxylic acids is 1. The number of benzene rings is 1. The van der Waals surface area contributed by atoms with Crippen LogP contribution in [0.3, 0.4) is 0 Å². The highest BCUT2D eigenvalue weighted by atomic mass is 16.5. The molecule has 17 heavy (non-hydrogen) atoms. The molecule has 1 amide bonds. The quantitative estimate of drug-likeness (QED) is 0.702. The van der Waals surface area contributed by atoms with E-state index in [0.717, 1.165) is 0 Å². The summed E-state index contributed by atoms with van der Waals surface area (Å²) in [7, 11) is 0. The standard InChI is InChI=1S/C12H15NO4/c13-12(16)9-4-6-10(7-5-9)17-8-2-1-3-11(14)15/h4-7H,1-3,8H2,(H2,13,16)(H,14,15). The van der Waals surface area contributed by atoms with Crippen LogP contribution in [0.15, 0.2) is 24.3 Å². The van der Waals surface area contributed by atoms with Gasteiger partial charge in [0.1, 0.15) is 5.75 Å². The number of rotatable bonds is 7. The van der Waals surface area contributed by atoms with Crippen molar-refractivity contribution in [1.29, 1.82) is 0 Å². The zero-order valence-electron chi connectivity index (χ0n) is 9.39. The summed E-state index contributed by atoms with van der Waals surface area (Å²) in [5.74, 6) is -0.626. The number of carbonyl (C=O) groups excluding carboxylic acids is 1. The lowest BCUT2D eigenvalue weighted by Gasteiger charge is -2.05. The fraction of sp³-hybridized carbons (Fsp3) is 0.333. The molecule has 0 aliphatic carbocycles. The normalized spacial score (nSPS) is 9.88. The van der Waals surface area contributed by atoms with Crippen molar-refractivity contribution in [2.75, 3.05) is 6.61 Å². The molecule has 5 heteroatoms. The summed E-state index contributed by atoms with van der Waals surface area (Å²) in [6.07, 6.45) is 1.43. The lowest BCUT2D eigenvalue weighted by molar-refractivity contribution is -0.137. The van der Waals surface area contributed by atoms with Crippen LogP contribution in [0.2, 0.25) is 0 Å².